The first-order chi connectivity index (χ1) is 9.47. The number of carboxylic acids is 1. The van der Waals surface area contributed by atoms with Gasteiger partial charge >= 0.3 is 12.0 Å². The van der Waals surface area contributed by atoms with Crippen molar-refractivity contribution in [1.29, 1.82) is 0 Å². The van der Waals surface area contributed by atoms with E-state index in [0.717, 1.165) is 11.4 Å². The van der Waals surface area contributed by atoms with Gasteiger partial charge in [-0.25, -0.2) is 4.79 Å². The molecule has 0 aliphatic heterocycles. The Hall–Kier alpha value is -2.11. The van der Waals surface area contributed by atoms with Crippen molar-refractivity contribution in [2.45, 2.75) is 33.2 Å². The highest BCUT2D eigenvalue weighted by atomic mass is 16.4. The Balaban J connectivity index is 2.22. The first-order valence-electron chi connectivity index (χ1n) is 6.63. The van der Waals surface area contributed by atoms with Gasteiger partial charge in [0, 0.05) is 18.7 Å². The van der Waals surface area contributed by atoms with Crippen molar-refractivity contribution < 1.29 is 14.7 Å². The molecule has 2 amide bonds. The van der Waals surface area contributed by atoms with Crippen molar-refractivity contribution in [2.24, 2.45) is 5.92 Å². The lowest BCUT2D eigenvalue weighted by Crippen LogP contribution is -2.37. The van der Waals surface area contributed by atoms with Crippen molar-refractivity contribution in [3.05, 3.63) is 29.6 Å². The number of urea groups is 1. The van der Waals surface area contributed by atoms with Crippen LogP contribution in [0.2, 0.25) is 0 Å². The van der Waals surface area contributed by atoms with Gasteiger partial charge in [-0.15, -0.1) is 0 Å². The zero-order chi connectivity index (χ0) is 15.0. The van der Waals surface area contributed by atoms with Gasteiger partial charge in [-0.1, -0.05) is 13.0 Å². The Morgan fingerprint density at radius 3 is 2.75 bits per heavy atom. The zero-order valence-electron chi connectivity index (χ0n) is 11.8. The molecule has 110 valence electrons. The fraction of sp³-hybridized carbons (Fsp3) is 0.500. The number of aryl methyl sites for hydroxylation is 1. The Labute approximate surface area is 118 Å². The summed E-state index contributed by atoms with van der Waals surface area (Å²) in [7, 11) is 0. The van der Waals surface area contributed by atoms with Gasteiger partial charge in [-0.3, -0.25) is 9.78 Å². The summed E-state index contributed by atoms with van der Waals surface area (Å²) in [6, 6.07) is 5.37. The van der Waals surface area contributed by atoms with Crippen LogP contribution in [0.5, 0.6) is 0 Å². The smallest absolute Gasteiger partial charge is 0.315 e. The first-order valence-corrected chi connectivity index (χ1v) is 6.63. The number of pyridine rings is 1. The maximum absolute atomic E-state index is 11.6. The number of nitrogens with one attached hydrogen (secondary N) is 2. The van der Waals surface area contributed by atoms with Gasteiger partial charge in [-0.2, -0.15) is 0 Å². The van der Waals surface area contributed by atoms with E-state index < -0.39 is 5.97 Å². The van der Waals surface area contributed by atoms with Crippen LogP contribution >= 0.6 is 0 Å². The van der Waals surface area contributed by atoms with Crippen molar-refractivity contribution in [3.8, 4) is 0 Å². The molecule has 0 aliphatic carbocycles. The monoisotopic (exact) mass is 279 g/mol. The molecular weight excluding hydrogens is 258 g/mol. The molecule has 1 atom stereocenters. The fourth-order valence-corrected chi connectivity index (χ4v) is 1.67. The van der Waals surface area contributed by atoms with Crippen molar-refractivity contribution in [2.75, 3.05) is 6.54 Å². The number of nitrogens with zero attached hydrogens (tertiary/aromatic N) is 1. The third-order valence-corrected chi connectivity index (χ3v) is 2.84. The van der Waals surface area contributed by atoms with Crippen LogP contribution in [0.25, 0.3) is 0 Å². The number of rotatable bonds is 7. The van der Waals surface area contributed by atoms with E-state index in [1.807, 2.05) is 32.0 Å². The maximum Gasteiger partial charge on any atom is 0.315 e. The van der Waals surface area contributed by atoms with E-state index in [2.05, 4.69) is 15.6 Å². The topological polar surface area (TPSA) is 91.3 Å². The van der Waals surface area contributed by atoms with Crippen molar-refractivity contribution in [3.63, 3.8) is 0 Å². The lowest BCUT2D eigenvalue weighted by molar-refractivity contribution is -0.137. The molecule has 1 rings (SSSR count). The summed E-state index contributed by atoms with van der Waals surface area (Å²) in [5.74, 6) is -0.680. The molecule has 6 heteroatoms. The fourth-order valence-electron chi connectivity index (χ4n) is 1.67. The molecular formula is C14H21N3O3. The van der Waals surface area contributed by atoms with E-state index in [0.29, 0.717) is 19.5 Å². The number of hydrogen-bond donors (Lipinski definition) is 3. The van der Waals surface area contributed by atoms with Gasteiger partial charge in [0.2, 0.25) is 0 Å². The lowest BCUT2D eigenvalue weighted by Gasteiger charge is -2.12. The highest BCUT2D eigenvalue weighted by Crippen LogP contribution is 2.03. The summed E-state index contributed by atoms with van der Waals surface area (Å²) in [5, 5.41) is 14.0. The Morgan fingerprint density at radius 2 is 2.10 bits per heavy atom. The van der Waals surface area contributed by atoms with Crippen LogP contribution < -0.4 is 10.6 Å². The number of aromatic nitrogens is 1. The largest absolute Gasteiger partial charge is 0.481 e. The summed E-state index contributed by atoms with van der Waals surface area (Å²) in [4.78, 5) is 26.3. The predicted octanol–water partition coefficient (Wildman–Crippen LogP) is 1.69. The Bertz CT molecular complexity index is 463. The Kier molecular flexibility index (Phi) is 6.49. The standard InChI is InChI=1S/C14H21N3O3/c1-10(6-7-13(18)19)8-15-14(20)16-9-12-5-3-4-11(2)17-12/h3-5,10H,6-9H2,1-2H3,(H,18,19)(H2,15,16,20). The minimum Gasteiger partial charge on any atom is -0.481 e. The summed E-state index contributed by atoms with van der Waals surface area (Å²) in [6.07, 6.45) is 0.673. The molecule has 6 nitrogen and oxygen atoms in total. The predicted molar refractivity (Wildman–Crippen MR) is 75.2 cm³/mol. The molecule has 1 unspecified atom stereocenters. The summed E-state index contributed by atoms with van der Waals surface area (Å²) >= 11 is 0. The number of carbonyl (C=O) groups is 2. The van der Waals surface area contributed by atoms with Gasteiger partial charge in [0.25, 0.3) is 0 Å². The molecule has 0 radical (unpaired) electrons. The zero-order valence-corrected chi connectivity index (χ0v) is 11.8. The van der Waals surface area contributed by atoms with Crippen LogP contribution in [0.1, 0.15) is 31.2 Å². The molecule has 3 N–H and O–H groups in total. The molecule has 0 fully saturated rings. The lowest BCUT2D eigenvalue weighted by atomic mass is 10.1. The van der Waals surface area contributed by atoms with Crippen LogP contribution in [0.3, 0.4) is 0 Å². The second kappa shape index (κ2) is 8.14. The molecule has 0 saturated heterocycles. The number of amides is 2. The van der Waals surface area contributed by atoms with Crippen LogP contribution in [-0.2, 0) is 11.3 Å². The van der Waals surface area contributed by atoms with Crippen LogP contribution in [0.4, 0.5) is 4.79 Å². The number of carboxylic acid groups (broad SMARTS) is 1. The molecule has 0 bridgehead atoms. The minimum absolute atomic E-state index is 0.123. The normalized spacial score (nSPS) is 11.7. The number of hydrogen-bond acceptors (Lipinski definition) is 3. The van der Waals surface area contributed by atoms with E-state index in [1.165, 1.54) is 0 Å². The van der Waals surface area contributed by atoms with E-state index in [-0.39, 0.29) is 18.4 Å². The summed E-state index contributed by atoms with van der Waals surface area (Å²) in [5.41, 5.74) is 1.71. The van der Waals surface area contributed by atoms with Gasteiger partial charge < -0.3 is 15.7 Å². The third kappa shape index (κ3) is 6.72. The first kappa shape index (κ1) is 15.9. The molecule has 0 aromatic carbocycles. The van der Waals surface area contributed by atoms with Gasteiger partial charge in [0.1, 0.15) is 0 Å². The average Bonchev–Trinajstić information content (AvgIpc) is 2.40. The second-order valence-corrected chi connectivity index (χ2v) is 4.87. The highest BCUT2D eigenvalue weighted by Gasteiger charge is 2.07. The molecule has 1 aromatic rings. The molecule has 0 aliphatic rings. The SMILES string of the molecule is Cc1cccc(CNC(=O)NCC(C)CCC(=O)O)n1. The third-order valence-electron chi connectivity index (χ3n) is 2.84. The molecule has 20 heavy (non-hydrogen) atoms. The molecule has 1 heterocycles. The summed E-state index contributed by atoms with van der Waals surface area (Å²) in [6.45, 7) is 4.64. The molecule has 0 saturated carbocycles. The van der Waals surface area contributed by atoms with E-state index >= 15 is 0 Å². The van der Waals surface area contributed by atoms with Gasteiger partial charge in [0.05, 0.1) is 12.2 Å². The van der Waals surface area contributed by atoms with Crippen LogP contribution in [-0.4, -0.2) is 28.6 Å². The van der Waals surface area contributed by atoms with Crippen LogP contribution in [0, 0.1) is 12.8 Å². The highest BCUT2D eigenvalue weighted by molar-refractivity contribution is 5.73. The van der Waals surface area contributed by atoms with Crippen molar-refractivity contribution >= 4 is 12.0 Å². The minimum atomic E-state index is -0.813. The molecule has 1 aromatic heterocycles. The van der Waals surface area contributed by atoms with Gasteiger partial charge in [-0.05, 0) is 31.4 Å². The molecule has 0 spiro atoms. The van der Waals surface area contributed by atoms with E-state index in [1.54, 1.807) is 0 Å². The number of carbonyl (C=O) groups excluding carboxylic acids is 1. The van der Waals surface area contributed by atoms with Gasteiger partial charge in [0.15, 0.2) is 0 Å². The maximum atomic E-state index is 11.6. The van der Waals surface area contributed by atoms with Crippen LogP contribution in [0.15, 0.2) is 18.2 Å². The average molecular weight is 279 g/mol. The van der Waals surface area contributed by atoms with Crippen molar-refractivity contribution in [1.82, 2.24) is 15.6 Å². The number of aliphatic carboxylic acids is 1. The second-order valence-electron chi connectivity index (χ2n) is 4.87. The Morgan fingerprint density at radius 1 is 1.35 bits per heavy atom. The quantitative estimate of drug-likeness (QED) is 0.708. The van der Waals surface area contributed by atoms with E-state index in [9.17, 15) is 9.59 Å². The summed E-state index contributed by atoms with van der Waals surface area (Å²) < 4.78 is 0. The van der Waals surface area contributed by atoms with E-state index in [4.69, 9.17) is 5.11 Å².